The van der Waals surface area contributed by atoms with Gasteiger partial charge < -0.3 is 18.7 Å². The number of hydrogen-bond acceptors (Lipinski definition) is 6. The molecular formula is C16H25O6P. The molecule has 0 saturated carbocycles. The number of para-hydroxylation sites is 1. The molecular weight excluding hydrogens is 319 g/mol. The number of rotatable bonds is 11. The zero-order valence-corrected chi connectivity index (χ0v) is 14.8. The lowest BCUT2D eigenvalue weighted by atomic mass is 10.3. The van der Waals surface area contributed by atoms with Crippen LogP contribution in [0.5, 0.6) is 5.75 Å². The quantitative estimate of drug-likeness (QED) is 0.266. The molecule has 0 aromatic heterocycles. The van der Waals surface area contributed by atoms with Gasteiger partial charge in [0.25, 0.3) is 0 Å². The van der Waals surface area contributed by atoms with E-state index < -0.39 is 13.3 Å². The lowest BCUT2D eigenvalue weighted by Crippen LogP contribution is -2.20. The Bertz CT molecular complexity index is 531. The smallest absolute Gasteiger partial charge is 0.315 e. The minimum atomic E-state index is -3.42. The molecule has 0 heterocycles. The molecule has 7 heteroatoms. The number of methoxy groups -OCH3 is 1. The number of ether oxygens (including phenoxy) is 3. The zero-order valence-electron chi connectivity index (χ0n) is 13.9. The van der Waals surface area contributed by atoms with Gasteiger partial charge in [0.15, 0.2) is 6.79 Å². The molecule has 0 aliphatic rings. The van der Waals surface area contributed by atoms with Gasteiger partial charge in [-0.3, -0.25) is 9.36 Å². The highest BCUT2D eigenvalue weighted by atomic mass is 31.2. The van der Waals surface area contributed by atoms with Crippen LogP contribution in [-0.2, 0) is 23.4 Å². The molecule has 23 heavy (non-hydrogen) atoms. The van der Waals surface area contributed by atoms with Crippen LogP contribution < -0.4 is 10.0 Å². The molecule has 0 saturated heterocycles. The summed E-state index contributed by atoms with van der Waals surface area (Å²) in [5.74, 6) is -0.160. The summed E-state index contributed by atoms with van der Waals surface area (Å²) in [6, 6.07) is 6.82. The number of hydrogen-bond donors (Lipinski definition) is 0. The Kier molecular flexibility index (Phi) is 8.92. The summed E-state index contributed by atoms with van der Waals surface area (Å²) in [5, 5.41) is 0.376. The highest BCUT2D eigenvalue weighted by Crippen LogP contribution is 2.48. The Morgan fingerprint density at radius 1 is 1.22 bits per heavy atom. The lowest BCUT2D eigenvalue weighted by Gasteiger charge is -2.20. The van der Waals surface area contributed by atoms with Crippen molar-refractivity contribution >= 4 is 18.6 Å². The maximum atomic E-state index is 13.3. The second kappa shape index (κ2) is 10.4. The summed E-state index contributed by atoms with van der Waals surface area (Å²) in [6.07, 6.45) is 1.35. The summed E-state index contributed by atoms with van der Waals surface area (Å²) in [7, 11) is -1.92. The maximum Gasteiger partial charge on any atom is 0.315 e. The number of benzene rings is 1. The van der Waals surface area contributed by atoms with Crippen molar-refractivity contribution in [2.24, 2.45) is 0 Å². The fourth-order valence-electron chi connectivity index (χ4n) is 1.92. The van der Waals surface area contributed by atoms with E-state index in [1.165, 1.54) is 7.11 Å². The Hall–Kier alpha value is -1.36. The third-order valence-corrected chi connectivity index (χ3v) is 5.38. The minimum Gasteiger partial charge on any atom is -0.467 e. The molecule has 1 aromatic rings. The predicted octanol–water partition coefficient (Wildman–Crippen LogP) is 2.95. The fourth-order valence-corrected chi connectivity index (χ4v) is 3.96. The molecule has 0 fully saturated rings. The SMILES string of the molecule is CCCCO[P@@](=O)(CC(=O)OCC)c1ccccc1OCOC. The summed E-state index contributed by atoms with van der Waals surface area (Å²) in [5.41, 5.74) is 0. The Morgan fingerprint density at radius 3 is 2.61 bits per heavy atom. The molecule has 0 amide bonds. The van der Waals surface area contributed by atoms with Gasteiger partial charge in [0.2, 0.25) is 7.37 Å². The van der Waals surface area contributed by atoms with Crippen LogP contribution in [0.25, 0.3) is 0 Å². The van der Waals surface area contributed by atoms with Crippen molar-refractivity contribution in [3.8, 4) is 5.75 Å². The van der Waals surface area contributed by atoms with E-state index >= 15 is 0 Å². The van der Waals surface area contributed by atoms with E-state index in [9.17, 15) is 9.36 Å². The first-order valence-corrected chi connectivity index (χ1v) is 9.49. The van der Waals surface area contributed by atoms with Crippen molar-refractivity contribution in [3.05, 3.63) is 24.3 Å². The zero-order chi connectivity index (χ0) is 17.1. The number of unbranched alkanes of at least 4 members (excludes halogenated alkanes) is 1. The largest absolute Gasteiger partial charge is 0.467 e. The van der Waals surface area contributed by atoms with Crippen LogP contribution in [0.1, 0.15) is 26.7 Å². The Morgan fingerprint density at radius 2 is 1.96 bits per heavy atom. The van der Waals surface area contributed by atoms with Crippen molar-refractivity contribution in [1.82, 2.24) is 0 Å². The van der Waals surface area contributed by atoms with Crippen molar-refractivity contribution in [2.45, 2.75) is 26.7 Å². The van der Waals surface area contributed by atoms with Gasteiger partial charge in [-0.05, 0) is 25.5 Å². The van der Waals surface area contributed by atoms with Gasteiger partial charge in [-0.2, -0.15) is 0 Å². The van der Waals surface area contributed by atoms with Crippen LogP contribution in [0.2, 0.25) is 0 Å². The first-order chi connectivity index (χ1) is 11.1. The van der Waals surface area contributed by atoms with Gasteiger partial charge in [-0.25, -0.2) is 0 Å². The molecule has 0 unspecified atom stereocenters. The van der Waals surface area contributed by atoms with Crippen LogP contribution in [0.15, 0.2) is 24.3 Å². The van der Waals surface area contributed by atoms with Crippen molar-refractivity contribution in [3.63, 3.8) is 0 Å². The van der Waals surface area contributed by atoms with Crippen LogP contribution in [-0.4, -0.2) is 39.2 Å². The molecule has 1 rings (SSSR count). The standard InChI is InChI=1S/C16H25O6P/c1-4-6-11-22-23(18,12-16(17)20-5-2)15-10-8-7-9-14(15)21-13-19-3/h7-10H,4-6,11-13H2,1-3H3/t23-/m0/s1. The van der Waals surface area contributed by atoms with E-state index in [1.807, 2.05) is 6.92 Å². The van der Waals surface area contributed by atoms with Gasteiger partial charge >= 0.3 is 5.97 Å². The highest BCUT2D eigenvalue weighted by molar-refractivity contribution is 7.68. The van der Waals surface area contributed by atoms with Gasteiger partial charge in [0, 0.05) is 7.11 Å². The third kappa shape index (κ3) is 6.34. The van der Waals surface area contributed by atoms with Gasteiger partial charge in [-0.15, -0.1) is 0 Å². The van der Waals surface area contributed by atoms with Crippen LogP contribution >= 0.6 is 7.37 Å². The average molecular weight is 344 g/mol. The van der Waals surface area contributed by atoms with Gasteiger partial charge in [-0.1, -0.05) is 25.5 Å². The van der Waals surface area contributed by atoms with E-state index in [1.54, 1.807) is 31.2 Å². The molecule has 1 atom stereocenters. The first kappa shape index (κ1) is 19.7. The fraction of sp³-hybridized carbons (Fsp3) is 0.562. The van der Waals surface area contributed by atoms with Gasteiger partial charge in [0.1, 0.15) is 11.9 Å². The second-order valence-electron chi connectivity index (χ2n) is 4.84. The van der Waals surface area contributed by atoms with E-state index in [2.05, 4.69) is 0 Å². The van der Waals surface area contributed by atoms with E-state index in [0.29, 0.717) is 17.7 Å². The Labute approximate surface area is 137 Å². The summed E-state index contributed by atoms with van der Waals surface area (Å²) < 4.78 is 34.2. The summed E-state index contributed by atoms with van der Waals surface area (Å²) >= 11 is 0. The molecule has 0 N–H and O–H groups in total. The normalized spacial score (nSPS) is 13.3. The van der Waals surface area contributed by atoms with E-state index in [4.69, 9.17) is 18.7 Å². The lowest BCUT2D eigenvalue weighted by molar-refractivity contribution is -0.140. The molecule has 0 spiro atoms. The van der Waals surface area contributed by atoms with Crippen LogP contribution in [0, 0.1) is 0 Å². The topological polar surface area (TPSA) is 71.1 Å². The van der Waals surface area contributed by atoms with E-state index in [0.717, 1.165) is 12.8 Å². The van der Waals surface area contributed by atoms with E-state index in [-0.39, 0.29) is 19.6 Å². The molecule has 0 aliphatic carbocycles. The number of carbonyl (C=O) groups excluding carboxylic acids is 1. The minimum absolute atomic E-state index is 0.0192. The number of carbonyl (C=O) groups is 1. The Balaban J connectivity index is 3.07. The highest BCUT2D eigenvalue weighted by Gasteiger charge is 2.33. The molecule has 0 aliphatic heterocycles. The molecule has 0 bridgehead atoms. The molecule has 6 nitrogen and oxygen atoms in total. The molecule has 0 radical (unpaired) electrons. The predicted molar refractivity (Wildman–Crippen MR) is 88.5 cm³/mol. The van der Waals surface area contributed by atoms with Crippen molar-refractivity contribution in [2.75, 3.05) is 33.3 Å². The summed E-state index contributed by atoms with van der Waals surface area (Å²) in [4.78, 5) is 11.9. The summed E-state index contributed by atoms with van der Waals surface area (Å²) in [6.45, 7) is 4.28. The van der Waals surface area contributed by atoms with Gasteiger partial charge in [0.05, 0.1) is 18.5 Å². The van der Waals surface area contributed by atoms with Crippen LogP contribution in [0.3, 0.4) is 0 Å². The monoisotopic (exact) mass is 344 g/mol. The van der Waals surface area contributed by atoms with Crippen molar-refractivity contribution in [1.29, 1.82) is 0 Å². The molecule has 1 aromatic carbocycles. The maximum absolute atomic E-state index is 13.3. The second-order valence-corrected chi connectivity index (χ2v) is 7.25. The molecule has 130 valence electrons. The third-order valence-electron chi connectivity index (χ3n) is 3.00. The first-order valence-electron chi connectivity index (χ1n) is 7.68. The van der Waals surface area contributed by atoms with Crippen LogP contribution in [0.4, 0.5) is 0 Å². The number of esters is 1. The average Bonchev–Trinajstić information content (AvgIpc) is 2.53. The van der Waals surface area contributed by atoms with Crippen molar-refractivity contribution < 1.29 is 28.1 Å².